The first-order chi connectivity index (χ1) is 12.6. The molecule has 6 rings (SSSR count). The van der Waals surface area contributed by atoms with Gasteiger partial charge in [-0.05, 0) is 24.5 Å². The predicted octanol–water partition coefficient (Wildman–Crippen LogP) is 3.44. The number of aromatic nitrogens is 3. The quantitative estimate of drug-likeness (QED) is 0.514. The second-order valence-corrected chi connectivity index (χ2v) is 7.37. The van der Waals surface area contributed by atoms with Crippen LogP contribution in [0.1, 0.15) is 39.7 Å². The van der Waals surface area contributed by atoms with Gasteiger partial charge in [-0.3, -0.25) is 9.48 Å². The van der Waals surface area contributed by atoms with E-state index in [1.54, 1.807) is 0 Å². The van der Waals surface area contributed by atoms with E-state index in [0.29, 0.717) is 5.56 Å². The summed E-state index contributed by atoms with van der Waals surface area (Å²) < 4.78 is 1.82. The van der Waals surface area contributed by atoms with Crippen molar-refractivity contribution >= 4 is 27.6 Å². The zero-order chi connectivity index (χ0) is 17.6. The Labute approximate surface area is 149 Å². The number of carbonyl (C=O) groups is 1. The van der Waals surface area contributed by atoms with E-state index in [-0.39, 0.29) is 12.2 Å². The maximum atomic E-state index is 12.9. The van der Waals surface area contributed by atoms with Crippen LogP contribution in [0.25, 0.3) is 32.9 Å². The molecule has 5 nitrogen and oxygen atoms in total. The lowest BCUT2D eigenvalue weighted by Crippen LogP contribution is -2.09. The monoisotopic (exact) mass is 343 g/mol. The number of carbonyl (C=O) groups excluding carboxylic acids is 1. The van der Waals surface area contributed by atoms with Crippen LogP contribution in [-0.4, -0.2) is 25.7 Å². The highest BCUT2D eigenvalue weighted by atomic mass is 16.3. The van der Waals surface area contributed by atoms with Crippen LogP contribution < -0.4 is 0 Å². The summed E-state index contributed by atoms with van der Waals surface area (Å²) in [7, 11) is 1.91. The van der Waals surface area contributed by atoms with Gasteiger partial charge in [0.25, 0.3) is 0 Å². The number of aliphatic hydroxyl groups excluding tert-OH is 1. The van der Waals surface area contributed by atoms with Crippen LogP contribution in [0.3, 0.4) is 0 Å². The standard InChI is InChI=1S/C21H17N3O2/c1-24-9-12-14(23-24)7-6-11-17(12)19-15(25)8-16(26)20(19)18-10-4-2-3-5-13(10)22-21(11)18/h2-5,9,16,22,26H,6-8H2,1H3. The highest BCUT2D eigenvalue weighted by Gasteiger charge is 2.38. The molecule has 0 bridgehead atoms. The van der Waals surface area contributed by atoms with Crippen molar-refractivity contribution < 1.29 is 9.90 Å². The number of rotatable bonds is 0. The van der Waals surface area contributed by atoms with Gasteiger partial charge >= 0.3 is 0 Å². The van der Waals surface area contributed by atoms with Crippen LogP contribution in [0.15, 0.2) is 30.5 Å². The zero-order valence-corrected chi connectivity index (χ0v) is 14.3. The van der Waals surface area contributed by atoms with Crippen molar-refractivity contribution in [3.63, 3.8) is 0 Å². The Kier molecular flexibility index (Phi) is 2.54. The van der Waals surface area contributed by atoms with E-state index < -0.39 is 6.10 Å². The fourth-order valence-corrected chi connectivity index (χ4v) is 4.90. The normalized spacial score (nSPS) is 18.4. The molecule has 2 aliphatic rings. The Morgan fingerprint density at radius 3 is 2.96 bits per heavy atom. The first kappa shape index (κ1) is 14.3. The molecule has 0 saturated heterocycles. The second-order valence-electron chi connectivity index (χ2n) is 7.37. The van der Waals surface area contributed by atoms with E-state index in [2.05, 4.69) is 22.2 Å². The minimum absolute atomic E-state index is 0.0348. The molecule has 0 saturated carbocycles. The summed E-state index contributed by atoms with van der Waals surface area (Å²) in [5.41, 5.74) is 7.83. The Morgan fingerprint density at radius 2 is 2.08 bits per heavy atom. The molecule has 0 radical (unpaired) electrons. The van der Waals surface area contributed by atoms with Crippen LogP contribution >= 0.6 is 0 Å². The highest BCUT2D eigenvalue weighted by Crippen LogP contribution is 2.49. The van der Waals surface area contributed by atoms with Gasteiger partial charge in [-0.25, -0.2) is 0 Å². The van der Waals surface area contributed by atoms with Gasteiger partial charge in [-0.2, -0.15) is 5.10 Å². The largest absolute Gasteiger partial charge is 0.388 e. The number of aliphatic hydroxyl groups is 1. The number of H-pyrrole nitrogens is 1. The third kappa shape index (κ3) is 1.59. The fraction of sp³-hybridized carbons (Fsp3) is 0.238. The lowest BCUT2D eigenvalue weighted by Gasteiger charge is -2.20. The SMILES string of the molecule is Cn1cc2c(n1)CCc1c-2c2c(c3c1[nH]c1ccccc13)C(O)CC2=O. The first-order valence-corrected chi connectivity index (χ1v) is 8.96. The van der Waals surface area contributed by atoms with Gasteiger partial charge in [0, 0.05) is 58.2 Å². The van der Waals surface area contributed by atoms with E-state index in [9.17, 15) is 9.90 Å². The number of aryl methyl sites for hydroxylation is 3. The first-order valence-electron chi connectivity index (χ1n) is 8.96. The molecule has 1 unspecified atom stereocenters. The average molecular weight is 343 g/mol. The second kappa shape index (κ2) is 4.62. The lowest BCUT2D eigenvalue weighted by atomic mass is 9.82. The molecule has 2 aliphatic carbocycles. The number of hydrogen-bond acceptors (Lipinski definition) is 3. The van der Waals surface area contributed by atoms with Crippen molar-refractivity contribution in [3.05, 3.63) is 52.8 Å². The number of aromatic amines is 1. The third-order valence-electron chi connectivity index (χ3n) is 5.88. The zero-order valence-electron chi connectivity index (χ0n) is 14.3. The number of fused-ring (bicyclic) bond motifs is 10. The Balaban J connectivity index is 1.88. The summed E-state index contributed by atoms with van der Waals surface area (Å²) in [6.07, 6.45) is 3.13. The molecular weight excluding hydrogens is 326 g/mol. The van der Waals surface area contributed by atoms with E-state index >= 15 is 0 Å². The van der Waals surface area contributed by atoms with E-state index in [1.165, 1.54) is 5.56 Å². The molecule has 0 fully saturated rings. The number of ketones is 1. The minimum Gasteiger partial charge on any atom is -0.388 e. The van der Waals surface area contributed by atoms with E-state index in [1.807, 2.05) is 30.1 Å². The topological polar surface area (TPSA) is 70.9 Å². The van der Waals surface area contributed by atoms with Crippen molar-refractivity contribution in [2.45, 2.75) is 25.4 Å². The van der Waals surface area contributed by atoms with Crippen LogP contribution in [0.5, 0.6) is 0 Å². The van der Waals surface area contributed by atoms with Gasteiger partial charge in [0.1, 0.15) is 0 Å². The van der Waals surface area contributed by atoms with Crippen molar-refractivity contribution in [1.29, 1.82) is 0 Å². The van der Waals surface area contributed by atoms with Crippen molar-refractivity contribution in [2.24, 2.45) is 7.05 Å². The predicted molar refractivity (Wildman–Crippen MR) is 99.3 cm³/mol. The summed E-state index contributed by atoms with van der Waals surface area (Å²) in [5.74, 6) is 0.0348. The molecule has 26 heavy (non-hydrogen) atoms. The lowest BCUT2D eigenvalue weighted by molar-refractivity contribution is 0.0931. The van der Waals surface area contributed by atoms with Crippen LogP contribution in [0.2, 0.25) is 0 Å². The smallest absolute Gasteiger partial charge is 0.166 e. The number of Topliss-reactive ketones (excluding diaryl/α,β-unsaturated/α-hetero) is 1. The van der Waals surface area contributed by atoms with Crippen LogP contribution in [-0.2, 0) is 19.9 Å². The van der Waals surface area contributed by atoms with E-state index in [0.717, 1.165) is 57.0 Å². The Morgan fingerprint density at radius 1 is 1.23 bits per heavy atom. The number of nitrogens with one attached hydrogen (secondary N) is 1. The van der Waals surface area contributed by atoms with Crippen LogP contribution in [0, 0.1) is 0 Å². The summed E-state index contributed by atoms with van der Waals surface area (Å²) in [6.45, 7) is 0. The third-order valence-corrected chi connectivity index (χ3v) is 5.88. The molecule has 1 atom stereocenters. The van der Waals surface area contributed by atoms with Gasteiger partial charge in [-0.15, -0.1) is 0 Å². The Hall–Kier alpha value is -2.92. The number of benzene rings is 2. The molecule has 128 valence electrons. The average Bonchev–Trinajstić information content (AvgIpc) is 3.27. The van der Waals surface area contributed by atoms with Crippen molar-refractivity contribution in [1.82, 2.24) is 14.8 Å². The molecule has 0 amide bonds. The summed E-state index contributed by atoms with van der Waals surface area (Å²) >= 11 is 0. The van der Waals surface area contributed by atoms with Gasteiger partial charge in [0.15, 0.2) is 5.78 Å². The minimum atomic E-state index is -0.744. The maximum absolute atomic E-state index is 12.9. The van der Waals surface area contributed by atoms with Crippen molar-refractivity contribution in [2.75, 3.05) is 0 Å². The van der Waals surface area contributed by atoms with E-state index in [4.69, 9.17) is 0 Å². The molecule has 2 N–H and O–H groups in total. The molecule has 0 aliphatic heterocycles. The summed E-state index contributed by atoms with van der Waals surface area (Å²) in [6, 6.07) is 8.12. The van der Waals surface area contributed by atoms with Gasteiger partial charge in [0.2, 0.25) is 0 Å². The molecule has 4 aromatic rings. The molecular formula is C21H17N3O2. The van der Waals surface area contributed by atoms with Gasteiger partial charge < -0.3 is 10.1 Å². The highest BCUT2D eigenvalue weighted by molar-refractivity contribution is 6.19. The molecule has 2 heterocycles. The molecule has 2 aromatic heterocycles. The molecule has 5 heteroatoms. The van der Waals surface area contributed by atoms with Gasteiger partial charge in [-0.1, -0.05) is 18.2 Å². The summed E-state index contributed by atoms with van der Waals surface area (Å²) in [4.78, 5) is 16.4. The van der Waals surface area contributed by atoms with Crippen LogP contribution in [0.4, 0.5) is 0 Å². The fourth-order valence-electron chi connectivity index (χ4n) is 4.90. The summed E-state index contributed by atoms with van der Waals surface area (Å²) in [5, 5.41) is 17.4. The number of hydrogen-bond donors (Lipinski definition) is 2. The number of nitrogens with zero attached hydrogens (tertiary/aromatic N) is 2. The maximum Gasteiger partial charge on any atom is 0.166 e. The number of para-hydroxylation sites is 1. The Bertz CT molecular complexity index is 1260. The van der Waals surface area contributed by atoms with Gasteiger partial charge in [0.05, 0.1) is 17.3 Å². The molecule has 0 spiro atoms. The molecule has 2 aromatic carbocycles. The van der Waals surface area contributed by atoms with Crippen molar-refractivity contribution in [3.8, 4) is 11.1 Å².